The number of guanidine groups is 1. The molecule has 1 aromatic rings. The van der Waals surface area contributed by atoms with Crippen LogP contribution in [0.15, 0.2) is 29.3 Å². The summed E-state index contributed by atoms with van der Waals surface area (Å²) in [5.41, 5.74) is 2.34. The SMILES string of the molecule is CCNC(=NCc1ccc(COC(C)C)cc1)N1CCC(C(=O)OC)CC1.I. The third kappa shape index (κ3) is 7.95. The van der Waals surface area contributed by atoms with E-state index in [1.54, 1.807) is 0 Å². The summed E-state index contributed by atoms with van der Waals surface area (Å²) in [7, 11) is 1.46. The summed E-state index contributed by atoms with van der Waals surface area (Å²) in [6.07, 6.45) is 1.85. The van der Waals surface area contributed by atoms with Crippen LogP contribution in [0.2, 0.25) is 0 Å². The molecule has 0 radical (unpaired) electrons. The standard InChI is InChI=1S/C21H33N3O3.HI/c1-5-22-21(24-12-10-19(11-13-24)20(25)26-4)23-14-17-6-8-18(9-7-17)15-27-16(2)3;/h6-9,16,19H,5,10-15H2,1-4H3,(H,22,23);1H. The minimum Gasteiger partial charge on any atom is -0.469 e. The Morgan fingerprint density at radius 1 is 1.21 bits per heavy atom. The molecule has 1 aliphatic rings. The largest absolute Gasteiger partial charge is 0.469 e. The number of carbonyl (C=O) groups excluding carboxylic acids is 1. The second-order valence-electron chi connectivity index (χ2n) is 7.13. The van der Waals surface area contributed by atoms with Crippen LogP contribution < -0.4 is 5.32 Å². The molecule has 0 aromatic heterocycles. The molecule has 1 saturated heterocycles. The number of piperidine rings is 1. The number of ether oxygens (including phenoxy) is 2. The maximum atomic E-state index is 11.7. The zero-order valence-electron chi connectivity index (χ0n) is 17.4. The molecule has 6 nitrogen and oxygen atoms in total. The van der Waals surface area contributed by atoms with Crippen LogP contribution in [0, 0.1) is 5.92 Å². The first-order valence-electron chi connectivity index (χ1n) is 9.84. The van der Waals surface area contributed by atoms with Gasteiger partial charge in [0.2, 0.25) is 0 Å². The number of methoxy groups -OCH3 is 1. The van der Waals surface area contributed by atoms with E-state index in [1.807, 2.05) is 13.8 Å². The topological polar surface area (TPSA) is 63.2 Å². The highest BCUT2D eigenvalue weighted by Gasteiger charge is 2.26. The fourth-order valence-electron chi connectivity index (χ4n) is 3.09. The Bertz CT molecular complexity index is 612. The van der Waals surface area contributed by atoms with Crippen LogP contribution in [-0.4, -0.2) is 49.7 Å². The number of hydrogen-bond donors (Lipinski definition) is 1. The van der Waals surface area contributed by atoms with E-state index in [0.29, 0.717) is 13.2 Å². The Labute approximate surface area is 186 Å². The number of hydrogen-bond acceptors (Lipinski definition) is 4. The molecule has 28 heavy (non-hydrogen) atoms. The number of nitrogens with zero attached hydrogens (tertiary/aromatic N) is 2. The second kappa shape index (κ2) is 13.0. The van der Waals surface area contributed by atoms with E-state index in [-0.39, 0.29) is 42.0 Å². The molecule has 0 aliphatic carbocycles. The van der Waals surface area contributed by atoms with Crippen molar-refractivity contribution in [2.45, 2.75) is 52.9 Å². The van der Waals surface area contributed by atoms with Crippen LogP contribution in [-0.2, 0) is 27.4 Å². The average Bonchev–Trinajstić information content (AvgIpc) is 2.70. The Hall–Kier alpha value is -1.35. The van der Waals surface area contributed by atoms with Gasteiger partial charge < -0.3 is 19.7 Å². The van der Waals surface area contributed by atoms with E-state index in [2.05, 4.69) is 41.4 Å². The molecule has 1 N–H and O–H groups in total. The maximum Gasteiger partial charge on any atom is 0.308 e. The van der Waals surface area contributed by atoms with Gasteiger partial charge in [-0.25, -0.2) is 4.99 Å². The molecular weight excluding hydrogens is 469 g/mol. The molecular formula is C21H34IN3O3. The number of aliphatic imine (C=N–C) groups is 1. The molecule has 1 fully saturated rings. The van der Waals surface area contributed by atoms with Crippen molar-refractivity contribution < 1.29 is 14.3 Å². The summed E-state index contributed by atoms with van der Waals surface area (Å²) in [5, 5.41) is 3.36. The summed E-state index contributed by atoms with van der Waals surface area (Å²) >= 11 is 0. The number of carbonyl (C=O) groups is 1. The molecule has 2 rings (SSSR count). The van der Waals surface area contributed by atoms with E-state index < -0.39 is 0 Å². The van der Waals surface area contributed by atoms with Crippen LogP contribution in [0.5, 0.6) is 0 Å². The van der Waals surface area contributed by atoms with Gasteiger partial charge >= 0.3 is 5.97 Å². The van der Waals surface area contributed by atoms with Gasteiger partial charge in [0.1, 0.15) is 0 Å². The van der Waals surface area contributed by atoms with E-state index in [0.717, 1.165) is 38.4 Å². The van der Waals surface area contributed by atoms with Gasteiger partial charge in [-0.05, 0) is 44.7 Å². The predicted molar refractivity (Wildman–Crippen MR) is 123 cm³/mol. The predicted octanol–water partition coefficient (Wildman–Crippen LogP) is 3.58. The molecule has 0 amide bonds. The molecule has 0 atom stereocenters. The fraction of sp³-hybridized carbons (Fsp3) is 0.619. The van der Waals surface area contributed by atoms with Crippen molar-refractivity contribution in [3.05, 3.63) is 35.4 Å². The van der Waals surface area contributed by atoms with Crippen molar-refractivity contribution in [2.24, 2.45) is 10.9 Å². The quantitative estimate of drug-likeness (QED) is 0.267. The first-order valence-corrected chi connectivity index (χ1v) is 9.84. The molecule has 0 bridgehead atoms. The van der Waals surface area contributed by atoms with Gasteiger partial charge in [-0.1, -0.05) is 24.3 Å². The Morgan fingerprint density at radius 2 is 1.82 bits per heavy atom. The lowest BCUT2D eigenvalue weighted by molar-refractivity contribution is -0.146. The zero-order chi connectivity index (χ0) is 19.6. The van der Waals surface area contributed by atoms with Crippen molar-refractivity contribution >= 4 is 35.9 Å². The smallest absolute Gasteiger partial charge is 0.308 e. The van der Waals surface area contributed by atoms with E-state index in [9.17, 15) is 4.79 Å². The summed E-state index contributed by atoms with van der Waals surface area (Å²) in [4.78, 5) is 18.7. The summed E-state index contributed by atoms with van der Waals surface area (Å²) < 4.78 is 10.5. The molecule has 1 heterocycles. The van der Waals surface area contributed by atoms with Gasteiger partial charge in [0.05, 0.1) is 32.3 Å². The third-order valence-corrected chi connectivity index (χ3v) is 4.68. The van der Waals surface area contributed by atoms with Crippen LogP contribution >= 0.6 is 24.0 Å². The van der Waals surface area contributed by atoms with Crippen molar-refractivity contribution in [1.29, 1.82) is 0 Å². The van der Waals surface area contributed by atoms with Gasteiger partial charge in [-0.2, -0.15) is 0 Å². The lowest BCUT2D eigenvalue weighted by Gasteiger charge is -2.33. The lowest BCUT2D eigenvalue weighted by atomic mass is 9.97. The Kier molecular flexibility index (Phi) is 11.4. The first-order chi connectivity index (χ1) is 13.0. The third-order valence-electron chi connectivity index (χ3n) is 4.68. The minimum absolute atomic E-state index is 0. The Balaban J connectivity index is 0.00000392. The molecule has 0 saturated carbocycles. The van der Waals surface area contributed by atoms with Gasteiger partial charge in [-0.15, -0.1) is 24.0 Å². The summed E-state index contributed by atoms with van der Waals surface area (Å²) in [6, 6.07) is 8.41. The minimum atomic E-state index is -0.0990. The monoisotopic (exact) mass is 503 g/mol. The number of benzene rings is 1. The van der Waals surface area contributed by atoms with E-state index in [1.165, 1.54) is 18.2 Å². The maximum absolute atomic E-state index is 11.7. The number of esters is 1. The molecule has 1 aromatic carbocycles. The van der Waals surface area contributed by atoms with E-state index in [4.69, 9.17) is 14.5 Å². The van der Waals surface area contributed by atoms with Crippen LogP contribution in [0.3, 0.4) is 0 Å². The normalized spacial score (nSPS) is 15.3. The second-order valence-corrected chi connectivity index (χ2v) is 7.13. The highest BCUT2D eigenvalue weighted by molar-refractivity contribution is 14.0. The highest BCUT2D eigenvalue weighted by atomic mass is 127. The molecule has 0 unspecified atom stereocenters. The van der Waals surface area contributed by atoms with Gasteiger partial charge in [0, 0.05) is 19.6 Å². The zero-order valence-corrected chi connectivity index (χ0v) is 19.8. The average molecular weight is 503 g/mol. The summed E-state index contributed by atoms with van der Waals surface area (Å²) in [5.74, 6) is 0.820. The lowest BCUT2D eigenvalue weighted by Crippen LogP contribution is -2.46. The number of nitrogens with one attached hydrogen (secondary N) is 1. The van der Waals surface area contributed by atoms with Crippen LogP contribution in [0.4, 0.5) is 0 Å². The molecule has 1 aliphatic heterocycles. The fourth-order valence-corrected chi connectivity index (χ4v) is 3.09. The highest BCUT2D eigenvalue weighted by Crippen LogP contribution is 2.18. The van der Waals surface area contributed by atoms with Crippen molar-refractivity contribution in [1.82, 2.24) is 10.2 Å². The summed E-state index contributed by atoms with van der Waals surface area (Å²) in [6.45, 7) is 9.87. The van der Waals surface area contributed by atoms with Crippen molar-refractivity contribution in [2.75, 3.05) is 26.7 Å². The molecule has 7 heteroatoms. The van der Waals surface area contributed by atoms with Crippen LogP contribution in [0.25, 0.3) is 0 Å². The molecule has 0 spiro atoms. The van der Waals surface area contributed by atoms with Crippen LogP contribution in [0.1, 0.15) is 44.7 Å². The van der Waals surface area contributed by atoms with E-state index >= 15 is 0 Å². The van der Waals surface area contributed by atoms with Crippen molar-refractivity contribution in [3.63, 3.8) is 0 Å². The van der Waals surface area contributed by atoms with Gasteiger partial charge in [-0.3, -0.25) is 4.79 Å². The molecule has 158 valence electrons. The van der Waals surface area contributed by atoms with Gasteiger partial charge in [0.25, 0.3) is 0 Å². The van der Waals surface area contributed by atoms with Crippen molar-refractivity contribution in [3.8, 4) is 0 Å². The first kappa shape index (κ1) is 24.7. The van der Waals surface area contributed by atoms with Gasteiger partial charge in [0.15, 0.2) is 5.96 Å². The number of likely N-dealkylation sites (tertiary alicyclic amines) is 1. The Morgan fingerprint density at radius 3 is 2.36 bits per heavy atom. The number of halogens is 1. The number of rotatable bonds is 7.